The first-order valence-electron chi connectivity index (χ1n) is 4.97. The first-order valence-corrected chi connectivity index (χ1v) is 4.97. The highest BCUT2D eigenvalue weighted by molar-refractivity contribution is 5.91. The second kappa shape index (κ2) is 3.77. The minimum Gasteiger partial charge on any atom is -0.462 e. The van der Waals surface area contributed by atoms with Gasteiger partial charge in [0.05, 0.1) is 12.2 Å². The standard InChI is InChI=1S/C12H13NO2/c1-3-15-12(14)10-7-11-6-4-5-9(2)13(11)8-10/h4-8H,3H2,1-2H3. The second-order valence-electron chi connectivity index (χ2n) is 3.41. The molecule has 0 unspecified atom stereocenters. The molecule has 0 saturated carbocycles. The van der Waals surface area contributed by atoms with Crippen LogP contribution in [-0.4, -0.2) is 17.0 Å². The molecule has 2 aromatic rings. The SMILES string of the molecule is CCOC(=O)c1cc2cccc(C)n2c1. The minimum absolute atomic E-state index is 0.263. The first-order chi connectivity index (χ1) is 7.22. The van der Waals surface area contributed by atoms with E-state index in [0.717, 1.165) is 11.2 Å². The van der Waals surface area contributed by atoms with Gasteiger partial charge in [-0.1, -0.05) is 6.07 Å². The van der Waals surface area contributed by atoms with Gasteiger partial charge in [0.2, 0.25) is 0 Å². The van der Waals surface area contributed by atoms with Gasteiger partial charge in [0, 0.05) is 17.4 Å². The Labute approximate surface area is 88.3 Å². The zero-order chi connectivity index (χ0) is 10.8. The molecule has 0 atom stereocenters. The average Bonchev–Trinajstić information content (AvgIpc) is 2.63. The van der Waals surface area contributed by atoms with Crippen molar-refractivity contribution in [2.75, 3.05) is 6.61 Å². The van der Waals surface area contributed by atoms with Crippen molar-refractivity contribution < 1.29 is 9.53 Å². The lowest BCUT2D eigenvalue weighted by atomic mass is 10.3. The fourth-order valence-electron chi connectivity index (χ4n) is 1.61. The van der Waals surface area contributed by atoms with Crippen molar-refractivity contribution in [3.63, 3.8) is 0 Å². The molecule has 2 rings (SSSR count). The fraction of sp³-hybridized carbons (Fsp3) is 0.250. The van der Waals surface area contributed by atoms with Crippen LogP contribution in [0.4, 0.5) is 0 Å². The molecule has 2 heterocycles. The highest BCUT2D eigenvalue weighted by Crippen LogP contribution is 2.13. The molecule has 78 valence electrons. The van der Waals surface area contributed by atoms with Gasteiger partial charge in [-0.25, -0.2) is 4.79 Å². The number of rotatable bonds is 2. The highest BCUT2D eigenvalue weighted by atomic mass is 16.5. The van der Waals surface area contributed by atoms with Crippen LogP contribution in [0, 0.1) is 6.92 Å². The quantitative estimate of drug-likeness (QED) is 0.702. The number of pyridine rings is 1. The Balaban J connectivity index is 2.47. The van der Waals surface area contributed by atoms with Crippen LogP contribution in [0.2, 0.25) is 0 Å². The summed E-state index contributed by atoms with van der Waals surface area (Å²) in [5, 5.41) is 0. The molecule has 0 aliphatic carbocycles. The molecular weight excluding hydrogens is 190 g/mol. The van der Waals surface area contributed by atoms with Gasteiger partial charge in [0.1, 0.15) is 0 Å². The van der Waals surface area contributed by atoms with Gasteiger partial charge in [0.25, 0.3) is 0 Å². The van der Waals surface area contributed by atoms with Gasteiger partial charge in [-0.15, -0.1) is 0 Å². The van der Waals surface area contributed by atoms with Gasteiger partial charge >= 0.3 is 5.97 Å². The molecule has 0 saturated heterocycles. The van der Waals surface area contributed by atoms with Crippen LogP contribution in [0.15, 0.2) is 30.5 Å². The van der Waals surface area contributed by atoms with E-state index >= 15 is 0 Å². The molecule has 3 heteroatoms. The molecule has 0 bridgehead atoms. The number of fused-ring (bicyclic) bond motifs is 1. The number of hydrogen-bond acceptors (Lipinski definition) is 2. The Morgan fingerprint density at radius 3 is 2.93 bits per heavy atom. The summed E-state index contributed by atoms with van der Waals surface area (Å²) in [4.78, 5) is 11.5. The van der Waals surface area contributed by atoms with Gasteiger partial charge in [-0.3, -0.25) is 0 Å². The van der Waals surface area contributed by atoms with Gasteiger partial charge in [-0.2, -0.15) is 0 Å². The summed E-state index contributed by atoms with van der Waals surface area (Å²) in [6.45, 7) is 4.21. The van der Waals surface area contributed by atoms with Crippen LogP contribution in [0.3, 0.4) is 0 Å². The monoisotopic (exact) mass is 203 g/mol. The predicted octanol–water partition coefficient (Wildman–Crippen LogP) is 2.42. The van der Waals surface area contributed by atoms with Crippen LogP contribution in [-0.2, 0) is 4.74 Å². The molecule has 0 spiro atoms. The summed E-state index contributed by atoms with van der Waals surface area (Å²) in [5.41, 5.74) is 2.72. The van der Waals surface area contributed by atoms with E-state index in [9.17, 15) is 4.79 Å². The molecule has 0 aliphatic heterocycles. The number of aromatic nitrogens is 1. The second-order valence-corrected chi connectivity index (χ2v) is 3.41. The molecule has 0 amide bonds. The number of carbonyl (C=O) groups is 1. The van der Waals surface area contributed by atoms with E-state index in [1.165, 1.54) is 0 Å². The number of esters is 1. The van der Waals surface area contributed by atoms with Gasteiger partial charge < -0.3 is 9.14 Å². The zero-order valence-corrected chi connectivity index (χ0v) is 8.86. The van der Waals surface area contributed by atoms with Crippen molar-refractivity contribution >= 4 is 11.5 Å². The lowest BCUT2D eigenvalue weighted by Gasteiger charge is -1.98. The minimum atomic E-state index is -0.263. The number of carbonyl (C=O) groups excluding carboxylic acids is 1. The molecule has 3 nitrogen and oxygen atoms in total. The Hall–Kier alpha value is -1.77. The molecule has 0 radical (unpaired) electrons. The van der Waals surface area contributed by atoms with E-state index in [-0.39, 0.29) is 5.97 Å². The van der Waals surface area contributed by atoms with E-state index in [1.54, 1.807) is 6.92 Å². The molecule has 0 N–H and O–H groups in total. The lowest BCUT2D eigenvalue weighted by Crippen LogP contribution is -2.02. The van der Waals surface area contributed by atoms with E-state index in [4.69, 9.17) is 4.74 Å². The summed E-state index contributed by atoms with van der Waals surface area (Å²) >= 11 is 0. The number of nitrogens with zero attached hydrogens (tertiary/aromatic N) is 1. The maximum Gasteiger partial charge on any atom is 0.339 e. The summed E-state index contributed by atoms with van der Waals surface area (Å²) in [7, 11) is 0. The Kier molecular flexibility index (Phi) is 2.46. The maximum atomic E-state index is 11.5. The van der Waals surface area contributed by atoms with Crippen molar-refractivity contribution in [3.05, 3.63) is 41.7 Å². The van der Waals surface area contributed by atoms with E-state index in [2.05, 4.69) is 0 Å². The van der Waals surface area contributed by atoms with E-state index < -0.39 is 0 Å². The van der Waals surface area contributed by atoms with Crippen LogP contribution in [0.25, 0.3) is 5.52 Å². The largest absolute Gasteiger partial charge is 0.462 e. The highest BCUT2D eigenvalue weighted by Gasteiger charge is 2.09. The fourth-order valence-corrected chi connectivity index (χ4v) is 1.61. The first kappa shape index (κ1) is 9.77. The average molecular weight is 203 g/mol. The molecular formula is C12H13NO2. The van der Waals surface area contributed by atoms with Crippen LogP contribution < -0.4 is 0 Å². The molecule has 0 aliphatic rings. The van der Waals surface area contributed by atoms with Crippen LogP contribution in [0.5, 0.6) is 0 Å². The number of hydrogen-bond donors (Lipinski definition) is 0. The summed E-state index contributed by atoms with van der Waals surface area (Å²) in [5.74, 6) is -0.263. The smallest absolute Gasteiger partial charge is 0.339 e. The zero-order valence-electron chi connectivity index (χ0n) is 8.86. The van der Waals surface area contributed by atoms with Crippen LogP contribution >= 0.6 is 0 Å². The Bertz CT molecular complexity index is 499. The Morgan fingerprint density at radius 1 is 1.47 bits per heavy atom. The van der Waals surface area contributed by atoms with E-state index in [1.807, 2.05) is 41.8 Å². The van der Waals surface area contributed by atoms with Crippen molar-refractivity contribution in [2.45, 2.75) is 13.8 Å². The van der Waals surface area contributed by atoms with Crippen molar-refractivity contribution in [3.8, 4) is 0 Å². The topological polar surface area (TPSA) is 30.7 Å². The van der Waals surface area contributed by atoms with Crippen molar-refractivity contribution in [2.24, 2.45) is 0 Å². The van der Waals surface area contributed by atoms with Crippen molar-refractivity contribution in [1.82, 2.24) is 4.40 Å². The van der Waals surface area contributed by atoms with Crippen molar-refractivity contribution in [1.29, 1.82) is 0 Å². The molecule has 15 heavy (non-hydrogen) atoms. The van der Waals surface area contributed by atoms with E-state index in [0.29, 0.717) is 12.2 Å². The van der Waals surface area contributed by atoms with Crippen LogP contribution in [0.1, 0.15) is 23.0 Å². The third-order valence-electron chi connectivity index (χ3n) is 2.35. The normalized spacial score (nSPS) is 10.5. The summed E-state index contributed by atoms with van der Waals surface area (Å²) in [6.07, 6.45) is 1.81. The van der Waals surface area contributed by atoms with Gasteiger partial charge in [-0.05, 0) is 32.0 Å². The Morgan fingerprint density at radius 2 is 2.27 bits per heavy atom. The predicted molar refractivity (Wildman–Crippen MR) is 58.1 cm³/mol. The summed E-state index contributed by atoms with van der Waals surface area (Å²) < 4.78 is 6.92. The maximum absolute atomic E-state index is 11.5. The number of ether oxygens (including phenoxy) is 1. The molecule has 0 fully saturated rings. The van der Waals surface area contributed by atoms with Gasteiger partial charge in [0.15, 0.2) is 0 Å². The lowest BCUT2D eigenvalue weighted by molar-refractivity contribution is 0.0526. The summed E-state index contributed by atoms with van der Waals surface area (Å²) in [6, 6.07) is 7.78. The molecule has 0 aromatic carbocycles. The third-order valence-corrected chi connectivity index (χ3v) is 2.35. The molecule has 2 aromatic heterocycles. The third kappa shape index (κ3) is 1.73. The number of aryl methyl sites for hydroxylation is 1.